The summed E-state index contributed by atoms with van der Waals surface area (Å²) in [7, 11) is -1.53. The minimum atomic E-state index is -1.53. The summed E-state index contributed by atoms with van der Waals surface area (Å²) in [6, 6.07) is 21.3. The highest BCUT2D eigenvalue weighted by Crippen LogP contribution is 2.76. The van der Waals surface area contributed by atoms with Crippen molar-refractivity contribution in [2.45, 2.75) is 37.0 Å². The van der Waals surface area contributed by atoms with Gasteiger partial charge in [0.25, 0.3) is 0 Å². The summed E-state index contributed by atoms with van der Waals surface area (Å²) in [5.41, 5.74) is 9.78. The van der Waals surface area contributed by atoms with Crippen molar-refractivity contribution in [1.29, 1.82) is 0 Å². The second kappa shape index (κ2) is 5.19. The molecule has 0 saturated heterocycles. The predicted octanol–water partition coefficient (Wildman–Crippen LogP) is 12.4. The first-order valence-electron chi connectivity index (χ1n) is 16.9. The smallest absolute Gasteiger partial charge is 0.0455 e. The maximum absolute atomic E-state index is 2.63. The lowest BCUT2D eigenvalue weighted by molar-refractivity contribution is 0.570. The standard InChI is InChI=1S/C44H22Si/c1-45(2,3)14-44-24-13-12-22-21-9-8-18-17-5-4-15-16-6-7-19-20-10-11-23(24)32-31(20)35-28(19)27(16)33-25(15)26(17)34-29(18)30(21)40(42(22)44)39-37(34)36(33)38(35)41(39)43(32)44/h4-13,42H,14H2,1-3H3. The van der Waals surface area contributed by atoms with E-state index in [0.717, 1.165) is 0 Å². The van der Waals surface area contributed by atoms with Gasteiger partial charge < -0.3 is 0 Å². The maximum atomic E-state index is 2.63. The zero-order valence-corrected chi connectivity index (χ0v) is 26.1. The zero-order chi connectivity index (χ0) is 28.5. The Morgan fingerprint density at radius 1 is 0.467 bits per heavy atom. The molecule has 0 fully saturated rings. The van der Waals surface area contributed by atoms with Crippen LogP contribution in [-0.2, 0) is 5.41 Å². The molecule has 0 heterocycles. The van der Waals surface area contributed by atoms with E-state index >= 15 is 0 Å². The van der Waals surface area contributed by atoms with Crippen LogP contribution in [0.4, 0.5) is 0 Å². The molecule has 202 valence electrons. The number of benzene rings is 8. The highest BCUT2D eigenvalue weighted by Gasteiger charge is 2.60. The van der Waals surface area contributed by atoms with Gasteiger partial charge in [0, 0.05) is 19.4 Å². The van der Waals surface area contributed by atoms with Crippen molar-refractivity contribution in [3.8, 4) is 0 Å². The van der Waals surface area contributed by atoms with Crippen LogP contribution < -0.4 is 0 Å². The van der Waals surface area contributed by atoms with E-state index < -0.39 is 8.07 Å². The van der Waals surface area contributed by atoms with Crippen LogP contribution in [0.1, 0.15) is 28.2 Å². The first kappa shape index (κ1) is 20.3. The summed E-state index contributed by atoms with van der Waals surface area (Å²) >= 11 is 0. The van der Waals surface area contributed by atoms with Crippen LogP contribution in [0.25, 0.3) is 130 Å². The van der Waals surface area contributed by atoms with Gasteiger partial charge in [-0.05, 0) is 158 Å². The fourth-order valence-corrected chi connectivity index (χ4v) is 15.8. The van der Waals surface area contributed by atoms with E-state index in [0.29, 0.717) is 5.92 Å². The van der Waals surface area contributed by atoms with Crippen LogP contribution in [-0.4, -0.2) is 8.07 Å². The molecule has 1 heteroatoms. The third-order valence-corrected chi connectivity index (χ3v) is 15.7. The molecule has 4 aliphatic rings. The van der Waals surface area contributed by atoms with Gasteiger partial charge in [0.15, 0.2) is 0 Å². The van der Waals surface area contributed by atoms with Crippen molar-refractivity contribution < 1.29 is 0 Å². The molecule has 0 spiro atoms. The van der Waals surface area contributed by atoms with Crippen LogP contribution in [0.15, 0.2) is 60.7 Å². The molecule has 0 saturated carbocycles. The molecule has 0 N–H and O–H groups in total. The lowest BCUT2D eigenvalue weighted by Gasteiger charge is -2.47. The summed E-state index contributed by atoms with van der Waals surface area (Å²) in [4.78, 5) is 0. The number of hydrogen-bond donors (Lipinski definition) is 0. The van der Waals surface area contributed by atoms with Gasteiger partial charge in [0.2, 0.25) is 0 Å². The maximum Gasteiger partial charge on any atom is 0.0455 e. The van der Waals surface area contributed by atoms with Gasteiger partial charge >= 0.3 is 0 Å². The molecule has 12 aromatic carbocycles. The average Bonchev–Trinajstić information content (AvgIpc) is 3.82. The molecule has 4 aliphatic carbocycles. The number of hydrogen-bond acceptors (Lipinski definition) is 0. The topological polar surface area (TPSA) is 0 Å². The Hall–Kier alpha value is -4.72. The minimum Gasteiger partial charge on any atom is -0.0695 e. The molecule has 0 nitrogen and oxygen atoms in total. The predicted molar refractivity (Wildman–Crippen MR) is 197 cm³/mol. The van der Waals surface area contributed by atoms with E-state index in [4.69, 9.17) is 0 Å². The molecule has 0 amide bonds. The molecular weight excluding hydrogens is 557 g/mol. The molecule has 12 aromatic rings. The Morgan fingerprint density at radius 2 is 0.933 bits per heavy atom. The van der Waals surface area contributed by atoms with Crippen LogP contribution in [0.2, 0.25) is 25.7 Å². The summed E-state index contributed by atoms with van der Waals surface area (Å²) < 4.78 is 0. The van der Waals surface area contributed by atoms with E-state index in [1.165, 1.54) is 43.9 Å². The third-order valence-electron chi connectivity index (χ3n) is 14.1. The van der Waals surface area contributed by atoms with Gasteiger partial charge in [-0.2, -0.15) is 0 Å². The number of fused-ring (bicyclic) bond motifs is 5. The van der Waals surface area contributed by atoms with Crippen molar-refractivity contribution in [3.63, 3.8) is 0 Å². The molecule has 16 rings (SSSR count). The normalized spacial score (nSPS) is 22.3. The first-order chi connectivity index (χ1) is 22.0. The molecule has 0 aromatic heterocycles. The SMILES string of the molecule is C[Si](C)(C)CC12C3=CC=C4c5ccc6c7ccc8c9ccc%10c%11ccc3c3c1c1c%12c(c5c6c5c7c8c6c9c%10c(c3%11)c1c6c%125)C42. The fraction of sp³-hybridized carbons (Fsp3) is 0.136. The molecule has 2 atom stereocenters. The monoisotopic (exact) mass is 578 g/mol. The summed E-state index contributed by atoms with van der Waals surface area (Å²) in [6.07, 6.45) is 5.17. The Kier molecular flexibility index (Phi) is 2.35. The van der Waals surface area contributed by atoms with Crippen molar-refractivity contribution in [3.05, 3.63) is 82.9 Å². The molecule has 0 radical (unpaired) electrons. The quantitative estimate of drug-likeness (QED) is 0.141. The lowest BCUT2D eigenvalue weighted by atomic mass is 9.59. The second-order valence-electron chi connectivity index (χ2n) is 16.8. The van der Waals surface area contributed by atoms with Gasteiger partial charge in [-0.25, -0.2) is 0 Å². The second-order valence-corrected chi connectivity index (χ2v) is 22.3. The molecule has 0 bridgehead atoms. The Balaban J connectivity index is 1.44. The van der Waals surface area contributed by atoms with Crippen LogP contribution >= 0.6 is 0 Å². The van der Waals surface area contributed by atoms with E-state index in [9.17, 15) is 0 Å². The van der Waals surface area contributed by atoms with Gasteiger partial charge in [0.1, 0.15) is 0 Å². The summed E-state index contributed by atoms with van der Waals surface area (Å²) in [5, 5.41) is 34.4. The molecule has 0 aliphatic heterocycles. The Bertz CT molecular complexity index is 3510. The minimum absolute atomic E-state index is 0.0236. The van der Waals surface area contributed by atoms with Gasteiger partial charge in [-0.15, -0.1) is 0 Å². The van der Waals surface area contributed by atoms with Crippen molar-refractivity contribution in [2.75, 3.05) is 0 Å². The summed E-state index contributed by atoms with van der Waals surface area (Å²) in [6.45, 7) is 7.88. The van der Waals surface area contributed by atoms with Crippen LogP contribution in [0.3, 0.4) is 0 Å². The number of allylic oxidation sites excluding steroid dienone is 4. The largest absolute Gasteiger partial charge is 0.0695 e. The average molecular weight is 579 g/mol. The van der Waals surface area contributed by atoms with Gasteiger partial charge in [-0.1, -0.05) is 80.3 Å². The van der Waals surface area contributed by atoms with E-state index in [-0.39, 0.29) is 5.41 Å². The van der Waals surface area contributed by atoms with Crippen LogP contribution in [0, 0.1) is 0 Å². The fourth-order valence-electron chi connectivity index (χ4n) is 13.5. The number of rotatable bonds is 2. The van der Waals surface area contributed by atoms with Crippen molar-refractivity contribution in [2.24, 2.45) is 0 Å². The van der Waals surface area contributed by atoms with E-state index in [1.54, 1.807) is 114 Å². The lowest BCUT2D eigenvalue weighted by Crippen LogP contribution is -2.42. The van der Waals surface area contributed by atoms with Gasteiger partial charge in [-0.3, -0.25) is 0 Å². The van der Waals surface area contributed by atoms with E-state index in [2.05, 4.69) is 80.3 Å². The highest BCUT2D eigenvalue weighted by molar-refractivity contribution is 6.77. The van der Waals surface area contributed by atoms with E-state index in [1.807, 2.05) is 0 Å². The van der Waals surface area contributed by atoms with Crippen LogP contribution in [0.5, 0.6) is 0 Å². The molecule has 2 unspecified atom stereocenters. The van der Waals surface area contributed by atoms with Gasteiger partial charge in [0.05, 0.1) is 0 Å². The van der Waals surface area contributed by atoms with Crippen molar-refractivity contribution >= 4 is 138 Å². The Labute approximate surface area is 256 Å². The first-order valence-corrected chi connectivity index (χ1v) is 20.6. The van der Waals surface area contributed by atoms with Crippen molar-refractivity contribution in [1.82, 2.24) is 0 Å². The third kappa shape index (κ3) is 1.48. The highest BCUT2D eigenvalue weighted by atomic mass is 28.3. The Morgan fingerprint density at radius 3 is 1.53 bits per heavy atom. The summed E-state index contributed by atoms with van der Waals surface area (Å²) in [5.74, 6) is 0.417. The zero-order valence-electron chi connectivity index (χ0n) is 25.1. The molecular formula is C44H22Si. The molecule has 45 heavy (non-hydrogen) atoms.